The number of anilines is 3. The molecule has 0 spiro atoms. The highest BCUT2D eigenvalue weighted by Crippen LogP contribution is 2.23. The van der Waals surface area contributed by atoms with E-state index in [0.29, 0.717) is 62.2 Å². The quantitative estimate of drug-likeness (QED) is 0.294. The molecule has 2 aromatic heterocycles. The lowest BCUT2D eigenvalue weighted by Crippen LogP contribution is -2.48. The number of rotatable bonds is 7. The van der Waals surface area contributed by atoms with Crippen LogP contribution in [0.15, 0.2) is 60.8 Å². The van der Waals surface area contributed by atoms with Crippen molar-refractivity contribution in [2.45, 2.75) is 18.9 Å². The Morgan fingerprint density at radius 3 is 2.53 bits per heavy atom. The van der Waals surface area contributed by atoms with E-state index in [0.717, 1.165) is 23.7 Å². The van der Waals surface area contributed by atoms with Crippen LogP contribution < -0.4 is 21.3 Å². The van der Waals surface area contributed by atoms with Crippen molar-refractivity contribution >= 4 is 46.1 Å². The number of aromatic nitrogens is 4. The number of para-hydroxylation sites is 1. The molecule has 0 radical (unpaired) electrons. The van der Waals surface area contributed by atoms with Crippen molar-refractivity contribution in [1.82, 2.24) is 30.4 Å². The maximum atomic E-state index is 13.0. The first-order chi connectivity index (χ1) is 20.9. The molecule has 2 fully saturated rings. The zero-order valence-electron chi connectivity index (χ0n) is 23.4. The van der Waals surface area contributed by atoms with Gasteiger partial charge < -0.3 is 30.9 Å². The van der Waals surface area contributed by atoms with E-state index in [1.54, 1.807) is 35.4 Å². The number of fused-ring (bicyclic) bond motifs is 1. The van der Waals surface area contributed by atoms with Crippen LogP contribution in [-0.2, 0) is 4.74 Å². The third kappa shape index (κ3) is 6.36. The molecule has 2 aliphatic heterocycles. The minimum atomic E-state index is -0.777. The standard InChI is InChI=1S/C30H31N9O4/c31-26(40)25-27(33-22-9-7-19(8-10-22)29(42)38-12-14-43-15-13-38)35-30(37-36-25)39-11-3-5-23(18-39)34-28(41)21-16-20-4-1-2-6-24(20)32-17-21/h1-2,4,6-10,16-17,23H,3,5,11-15,18H2,(H2,31,40)(H,34,41)(H,33,35,37). The van der Waals surface area contributed by atoms with Crippen LogP contribution in [-0.4, -0.2) is 88.2 Å². The first-order valence-corrected chi connectivity index (χ1v) is 14.1. The summed E-state index contributed by atoms with van der Waals surface area (Å²) in [5, 5.41) is 15.3. The van der Waals surface area contributed by atoms with Crippen LogP contribution in [0.2, 0.25) is 0 Å². The number of carbonyl (C=O) groups is 3. The van der Waals surface area contributed by atoms with Gasteiger partial charge in [0.05, 0.1) is 24.3 Å². The average Bonchev–Trinajstić information content (AvgIpc) is 3.05. The van der Waals surface area contributed by atoms with E-state index in [4.69, 9.17) is 10.5 Å². The monoisotopic (exact) mass is 581 g/mol. The lowest BCUT2D eigenvalue weighted by molar-refractivity contribution is 0.0303. The third-order valence-electron chi connectivity index (χ3n) is 7.49. The molecular weight excluding hydrogens is 550 g/mol. The van der Waals surface area contributed by atoms with Gasteiger partial charge in [-0.1, -0.05) is 18.2 Å². The Labute approximate surface area is 247 Å². The number of nitrogens with one attached hydrogen (secondary N) is 2. The van der Waals surface area contributed by atoms with E-state index in [1.807, 2.05) is 35.2 Å². The zero-order chi connectivity index (χ0) is 29.8. The maximum Gasteiger partial charge on any atom is 0.273 e. The topological polar surface area (TPSA) is 169 Å². The number of hydrogen-bond acceptors (Lipinski definition) is 10. The Bertz CT molecular complexity index is 1660. The number of hydrogen-bond donors (Lipinski definition) is 3. The molecule has 2 aromatic carbocycles. The number of pyridine rings is 1. The number of carbonyl (C=O) groups excluding carboxylic acids is 3. The van der Waals surface area contributed by atoms with Crippen LogP contribution in [0.1, 0.15) is 44.0 Å². The highest BCUT2D eigenvalue weighted by atomic mass is 16.5. The minimum Gasteiger partial charge on any atom is -0.378 e. The molecule has 4 N–H and O–H groups in total. The molecule has 4 heterocycles. The summed E-state index contributed by atoms with van der Waals surface area (Å²) in [7, 11) is 0. The molecular formula is C30H31N9O4. The van der Waals surface area contributed by atoms with E-state index < -0.39 is 5.91 Å². The Hall–Kier alpha value is -5.17. The van der Waals surface area contributed by atoms with Gasteiger partial charge in [-0.2, -0.15) is 4.98 Å². The predicted molar refractivity (Wildman–Crippen MR) is 159 cm³/mol. The Morgan fingerprint density at radius 1 is 0.953 bits per heavy atom. The zero-order valence-corrected chi connectivity index (χ0v) is 23.4. The van der Waals surface area contributed by atoms with Gasteiger partial charge in [0.25, 0.3) is 17.7 Å². The van der Waals surface area contributed by atoms with Gasteiger partial charge in [-0.25, -0.2) is 0 Å². The van der Waals surface area contributed by atoms with Crippen molar-refractivity contribution < 1.29 is 19.1 Å². The molecule has 2 aliphatic rings. The van der Waals surface area contributed by atoms with Gasteiger partial charge in [0.1, 0.15) is 0 Å². The number of amides is 3. The van der Waals surface area contributed by atoms with Crippen molar-refractivity contribution in [3.8, 4) is 0 Å². The summed E-state index contributed by atoms with van der Waals surface area (Å²) in [4.78, 5) is 50.6. The molecule has 1 atom stereocenters. The summed E-state index contributed by atoms with van der Waals surface area (Å²) in [5.74, 6) is -0.592. The van der Waals surface area contributed by atoms with Crippen LogP contribution >= 0.6 is 0 Å². The van der Waals surface area contributed by atoms with Crippen LogP contribution in [0.5, 0.6) is 0 Å². The van der Waals surface area contributed by atoms with Gasteiger partial charge in [0, 0.05) is 55.1 Å². The molecule has 4 aromatic rings. The van der Waals surface area contributed by atoms with Crippen LogP contribution in [0.4, 0.5) is 17.5 Å². The van der Waals surface area contributed by atoms with E-state index in [2.05, 4.69) is 30.8 Å². The second-order valence-electron chi connectivity index (χ2n) is 10.5. The van der Waals surface area contributed by atoms with E-state index >= 15 is 0 Å². The highest BCUT2D eigenvalue weighted by molar-refractivity contribution is 5.98. The van der Waals surface area contributed by atoms with Gasteiger partial charge in [-0.15, -0.1) is 10.2 Å². The normalized spacial score (nSPS) is 17.0. The molecule has 220 valence electrons. The second kappa shape index (κ2) is 12.4. The van der Waals surface area contributed by atoms with Crippen LogP contribution in [0, 0.1) is 0 Å². The Kier molecular flexibility index (Phi) is 8.05. The lowest BCUT2D eigenvalue weighted by Gasteiger charge is -2.33. The number of nitrogens with two attached hydrogens (primary N) is 1. The van der Waals surface area contributed by atoms with Crippen LogP contribution in [0.25, 0.3) is 10.9 Å². The fourth-order valence-electron chi connectivity index (χ4n) is 5.23. The summed E-state index contributed by atoms with van der Waals surface area (Å²) < 4.78 is 5.33. The van der Waals surface area contributed by atoms with Crippen molar-refractivity contribution in [3.63, 3.8) is 0 Å². The molecule has 0 bridgehead atoms. The van der Waals surface area contributed by atoms with E-state index in [1.165, 1.54) is 0 Å². The smallest absolute Gasteiger partial charge is 0.273 e. The van der Waals surface area contributed by atoms with Gasteiger partial charge >= 0.3 is 0 Å². The summed E-state index contributed by atoms with van der Waals surface area (Å²) in [6, 6.07) is 16.2. The van der Waals surface area contributed by atoms with Crippen molar-refractivity contribution in [2.75, 3.05) is 49.6 Å². The predicted octanol–water partition coefficient (Wildman–Crippen LogP) is 2.13. The fourth-order valence-corrected chi connectivity index (χ4v) is 5.23. The van der Waals surface area contributed by atoms with E-state index in [9.17, 15) is 14.4 Å². The van der Waals surface area contributed by atoms with Gasteiger partial charge in [0.15, 0.2) is 11.5 Å². The van der Waals surface area contributed by atoms with Crippen molar-refractivity contribution in [1.29, 1.82) is 0 Å². The van der Waals surface area contributed by atoms with Gasteiger partial charge in [0.2, 0.25) is 5.95 Å². The van der Waals surface area contributed by atoms with Gasteiger partial charge in [-0.3, -0.25) is 19.4 Å². The molecule has 13 nitrogen and oxygen atoms in total. The average molecular weight is 582 g/mol. The molecule has 3 amide bonds. The fraction of sp³-hybridized carbons (Fsp3) is 0.300. The molecule has 13 heteroatoms. The van der Waals surface area contributed by atoms with E-state index in [-0.39, 0.29) is 29.4 Å². The van der Waals surface area contributed by atoms with Crippen molar-refractivity contribution in [3.05, 3.63) is 77.6 Å². The summed E-state index contributed by atoms with van der Waals surface area (Å²) >= 11 is 0. The second-order valence-corrected chi connectivity index (χ2v) is 10.5. The number of piperidine rings is 1. The Balaban J connectivity index is 1.14. The first-order valence-electron chi connectivity index (χ1n) is 14.1. The summed E-state index contributed by atoms with van der Waals surface area (Å²) in [6.45, 7) is 3.27. The largest absolute Gasteiger partial charge is 0.378 e. The number of primary amides is 1. The number of ether oxygens (including phenoxy) is 1. The molecule has 0 aliphatic carbocycles. The number of benzene rings is 2. The van der Waals surface area contributed by atoms with Crippen molar-refractivity contribution in [2.24, 2.45) is 5.73 Å². The number of morpholine rings is 1. The molecule has 1 unspecified atom stereocenters. The van der Waals surface area contributed by atoms with Crippen LogP contribution in [0.3, 0.4) is 0 Å². The summed E-state index contributed by atoms with van der Waals surface area (Å²) in [5.41, 5.74) is 7.91. The number of nitrogens with zero attached hydrogens (tertiary/aromatic N) is 6. The SMILES string of the molecule is NC(=O)c1nnc(N2CCCC(NC(=O)c3cnc4ccccc4c3)C2)nc1Nc1ccc(C(=O)N2CCOCC2)cc1. The first kappa shape index (κ1) is 28.0. The minimum absolute atomic E-state index is 0.0673. The lowest BCUT2D eigenvalue weighted by atomic mass is 10.1. The third-order valence-corrected chi connectivity index (χ3v) is 7.49. The molecule has 0 saturated carbocycles. The molecule has 6 rings (SSSR count). The highest BCUT2D eigenvalue weighted by Gasteiger charge is 2.26. The maximum absolute atomic E-state index is 13.0. The Morgan fingerprint density at radius 2 is 1.74 bits per heavy atom. The molecule has 43 heavy (non-hydrogen) atoms. The van der Waals surface area contributed by atoms with Gasteiger partial charge in [-0.05, 0) is 49.2 Å². The molecule has 2 saturated heterocycles. The summed E-state index contributed by atoms with van der Waals surface area (Å²) in [6.07, 6.45) is 3.16.